The molecule has 2 aromatic rings. The van der Waals surface area contributed by atoms with Crippen molar-refractivity contribution in [3.63, 3.8) is 0 Å². The highest BCUT2D eigenvalue weighted by Crippen LogP contribution is 2.28. The van der Waals surface area contributed by atoms with Crippen molar-refractivity contribution in [3.8, 4) is 0 Å². The number of carbonyl (C=O) groups is 3. The van der Waals surface area contributed by atoms with Gasteiger partial charge in [0.2, 0.25) is 17.7 Å². The molecule has 0 saturated carbocycles. The van der Waals surface area contributed by atoms with Crippen LogP contribution in [0.25, 0.3) is 0 Å². The van der Waals surface area contributed by atoms with Crippen LogP contribution in [0.5, 0.6) is 0 Å². The summed E-state index contributed by atoms with van der Waals surface area (Å²) in [5, 5.41) is 14.9. The van der Waals surface area contributed by atoms with Gasteiger partial charge in [-0.25, -0.2) is 0 Å². The minimum Gasteiger partial charge on any atom is -0.353 e. The molecule has 0 aliphatic carbocycles. The highest BCUT2D eigenvalue weighted by atomic mass is 16.2. The second-order valence-corrected chi connectivity index (χ2v) is 7.81. The van der Waals surface area contributed by atoms with Crippen LogP contribution in [-0.4, -0.2) is 30.2 Å². The van der Waals surface area contributed by atoms with E-state index in [-0.39, 0.29) is 24.1 Å². The van der Waals surface area contributed by atoms with Crippen LogP contribution in [0.1, 0.15) is 17.5 Å². The summed E-state index contributed by atoms with van der Waals surface area (Å²) in [6.45, 7) is 3.84. The van der Waals surface area contributed by atoms with E-state index in [9.17, 15) is 14.4 Å². The maximum absolute atomic E-state index is 13.0. The van der Waals surface area contributed by atoms with Gasteiger partial charge in [-0.1, -0.05) is 30.3 Å². The minimum atomic E-state index is -0.770. The van der Waals surface area contributed by atoms with Gasteiger partial charge in [-0.15, -0.1) is 0 Å². The maximum atomic E-state index is 13.0. The number of fused-ring (bicyclic) bond motifs is 1. The van der Waals surface area contributed by atoms with Crippen LogP contribution in [0.4, 0.5) is 11.4 Å². The molecule has 2 saturated heterocycles. The molecule has 0 aromatic heterocycles. The van der Waals surface area contributed by atoms with Gasteiger partial charge in [0.15, 0.2) is 6.29 Å². The number of piperidine rings is 1. The Kier molecular flexibility index (Phi) is 5.41. The lowest BCUT2D eigenvalue weighted by atomic mass is 9.81. The second kappa shape index (κ2) is 8.16. The largest absolute Gasteiger partial charge is 0.353 e. The fourth-order valence-corrected chi connectivity index (χ4v) is 3.95. The third-order valence-corrected chi connectivity index (χ3v) is 5.52. The van der Waals surface area contributed by atoms with Crippen LogP contribution < -0.4 is 26.6 Å². The predicted molar refractivity (Wildman–Crippen MR) is 113 cm³/mol. The van der Waals surface area contributed by atoms with Crippen molar-refractivity contribution in [1.82, 2.24) is 16.0 Å². The number of carbonyl (C=O) groups excluding carboxylic acids is 3. The van der Waals surface area contributed by atoms with Gasteiger partial charge in [0, 0.05) is 17.8 Å². The zero-order chi connectivity index (χ0) is 21.3. The number of aryl methyl sites for hydroxylation is 2. The smallest absolute Gasteiger partial charge is 0.229 e. The van der Waals surface area contributed by atoms with Crippen LogP contribution in [0, 0.1) is 25.7 Å². The van der Waals surface area contributed by atoms with E-state index in [1.807, 2.05) is 62.4 Å². The Morgan fingerprint density at radius 3 is 2.57 bits per heavy atom. The van der Waals surface area contributed by atoms with Gasteiger partial charge >= 0.3 is 0 Å². The zero-order valence-corrected chi connectivity index (χ0v) is 16.9. The Balaban J connectivity index is 1.50. The summed E-state index contributed by atoms with van der Waals surface area (Å²) in [6, 6.07) is 15.2. The van der Waals surface area contributed by atoms with Gasteiger partial charge in [-0.2, -0.15) is 0 Å². The van der Waals surface area contributed by atoms with Gasteiger partial charge in [0.05, 0.1) is 18.0 Å². The molecule has 156 valence electrons. The number of amides is 3. The molecule has 8 nitrogen and oxygen atoms in total. The molecule has 0 bridgehead atoms. The summed E-state index contributed by atoms with van der Waals surface area (Å²) < 4.78 is 0. The number of benzene rings is 2. The van der Waals surface area contributed by atoms with Crippen molar-refractivity contribution in [1.29, 1.82) is 0 Å². The van der Waals surface area contributed by atoms with E-state index in [2.05, 4.69) is 26.6 Å². The number of nitrogens with one attached hydrogen (secondary N) is 5. The molecule has 2 heterocycles. The lowest BCUT2D eigenvalue weighted by molar-refractivity contribution is -0.144. The molecular weight excluding hydrogens is 382 g/mol. The van der Waals surface area contributed by atoms with E-state index in [4.69, 9.17) is 0 Å². The fourth-order valence-electron chi connectivity index (χ4n) is 3.95. The topological polar surface area (TPSA) is 111 Å². The first-order valence-corrected chi connectivity index (χ1v) is 9.96. The summed E-state index contributed by atoms with van der Waals surface area (Å²) in [6.07, 6.45) is -1.25. The first kappa shape index (κ1) is 19.9. The minimum absolute atomic E-state index is 0.0380. The lowest BCUT2D eigenvalue weighted by Gasteiger charge is -2.43. The van der Waals surface area contributed by atoms with Crippen LogP contribution in [0.15, 0.2) is 48.5 Å². The Hall–Kier alpha value is -3.39. The summed E-state index contributed by atoms with van der Waals surface area (Å²) >= 11 is 0. The molecular formula is C22H25N5O3. The summed E-state index contributed by atoms with van der Waals surface area (Å²) in [5.74, 6) is -2.36. The van der Waals surface area contributed by atoms with Gasteiger partial charge in [0.1, 0.15) is 0 Å². The molecule has 30 heavy (non-hydrogen) atoms. The molecule has 4 unspecified atom stereocenters. The van der Waals surface area contributed by atoms with Gasteiger partial charge in [-0.3, -0.25) is 19.7 Å². The molecule has 2 aromatic carbocycles. The normalized spacial score (nSPS) is 25.5. The lowest BCUT2D eigenvalue weighted by Crippen LogP contribution is -2.72. The number of rotatable bonds is 4. The quantitative estimate of drug-likeness (QED) is 0.527. The highest BCUT2D eigenvalue weighted by Gasteiger charge is 2.48. The third kappa shape index (κ3) is 4.13. The molecule has 2 aliphatic heterocycles. The van der Waals surface area contributed by atoms with Crippen LogP contribution in [0.2, 0.25) is 0 Å². The van der Waals surface area contributed by atoms with E-state index in [0.29, 0.717) is 5.69 Å². The summed E-state index contributed by atoms with van der Waals surface area (Å²) in [4.78, 5) is 38.2. The van der Waals surface area contributed by atoms with E-state index >= 15 is 0 Å². The monoisotopic (exact) mass is 407 g/mol. The highest BCUT2D eigenvalue weighted by molar-refractivity contribution is 6.00. The SMILES string of the molecule is Cc1ccc(C)c(NC(=O)C2CC(=O)NC3NC(Nc4ccccc4)NC(=O)C32)c1. The number of hydrogen-bond acceptors (Lipinski definition) is 5. The molecule has 0 spiro atoms. The van der Waals surface area contributed by atoms with Gasteiger partial charge < -0.3 is 21.3 Å². The van der Waals surface area contributed by atoms with Gasteiger partial charge in [-0.05, 0) is 43.2 Å². The Labute approximate surface area is 174 Å². The van der Waals surface area contributed by atoms with Crippen LogP contribution in [-0.2, 0) is 14.4 Å². The van der Waals surface area contributed by atoms with Crippen molar-refractivity contribution < 1.29 is 14.4 Å². The van der Waals surface area contributed by atoms with Gasteiger partial charge in [0.25, 0.3) is 0 Å². The van der Waals surface area contributed by atoms with E-state index < -0.39 is 24.3 Å². The molecule has 2 aliphatic rings. The standard InChI is InChI=1S/C22H25N5O3/c1-12-8-9-13(2)16(10-12)24-20(29)15-11-17(28)25-19-18(15)21(30)27-22(26-19)23-14-6-4-3-5-7-14/h3-10,15,18-19,22-23,26H,11H2,1-2H3,(H,24,29)(H,25,28)(H,27,30). The Morgan fingerprint density at radius 2 is 1.80 bits per heavy atom. The predicted octanol–water partition coefficient (Wildman–Crippen LogP) is 1.44. The van der Waals surface area contributed by atoms with Crippen LogP contribution >= 0.6 is 0 Å². The first-order chi connectivity index (χ1) is 14.4. The maximum Gasteiger partial charge on any atom is 0.229 e. The van der Waals surface area contributed by atoms with Crippen molar-refractivity contribution in [3.05, 3.63) is 59.7 Å². The third-order valence-electron chi connectivity index (χ3n) is 5.52. The number of hydrogen-bond donors (Lipinski definition) is 5. The van der Waals surface area contributed by atoms with Crippen molar-refractivity contribution in [2.24, 2.45) is 11.8 Å². The molecule has 4 atom stereocenters. The van der Waals surface area contributed by atoms with Crippen LogP contribution in [0.3, 0.4) is 0 Å². The summed E-state index contributed by atoms with van der Waals surface area (Å²) in [5.41, 5.74) is 3.45. The Morgan fingerprint density at radius 1 is 1.03 bits per heavy atom. The second-order valence-electron chi connectivity index (χ2n) is 7.81. The molecule has 5 N–H and O–H groups in total. The fraction of sp³-hybridized carbons (Fsp3) is 0.318. The molecule has 3 amide bonds. The summed E-state index contributed by atoms with van der Waals surface area (Å²) in [7, 11) is 0. The Bertz CT molecular complexity index is 978. The molecule has 8 heteroatoms. The van der Waals surface area contributed by atoms with Crippen molar-refractivity contribution in [2.75, 3.05) is 10.6 Å². The number of para-hydroxylation sites is 1. The average Bonchev–Trinajstić information content (AvgIpc) is 2.70. The molecule has 0 radical (unpaired) electrons. The first-order valence-electron chi connectivity index (χ1n) is 9.96. The zero-order valence-electron chi connectivity index (χ0n) is 16.9. The molecule has 2 fully saturated rings. The van der Waals surface area contributed by atoms with Crippen molar-refractivity contribution in [2.45, 2.75) is 32.7 Å². The molecule has 4 rings (SSSR count). The average molecular weight is 407 g/mol. The van der Waals surface area contributed by atoms with E-state index in [0.717, 1.165) is 16.8 Å². The number of anilines is 2. The van der Waals surface area contributed by atoms with E-state index in [1.54, 1.807) is 0 Å². The van der Waals surface area contributed by atoms with E-state index in [1.165, 1.54) is 0 Å². The van der Waals surface area contributed by atoms with Crippen molar-refractivity contribution >= 4 is 29.1 Å².